The zero-order valence-electron chi connectivity index (χ0n) is 21.5. The average Bonchev–Trinajstić information content (AvgIpc) is 3.64. The predicted molar refractivity (Wildman–Crippen MR) is 144 cm³/mol. The first-order chi connectivity index (χ1) is 17.9. The maximum atomic E-state index is 13.2. The SMILES string of the molecule is CCCC(=O)c1ccc(N2CCCC3CC(NC(=O)c4ccc(C(N)=O)c(NCC5CC5)c4)CC32)nc1. The molecule has 0 bridgehead atoms. The molecule has 1 saturated heterocycles. The van der Waals surface area contributed by atoms with Crippen molar-refractivity contribution in [1.29, 1.82) is 0 Å². The number of nitrogens with one attached hydrogen (secondary N) is 2. The second-order valence-corrected chi connectivity index (χ2v) is 10.8. The number of pyridine rings is 1. The van der Waals surface area contributed by atoms with Crippen molar-refractivity contribution in [2.75, 3.05) is 23.3 Å². The van der Waals surface area contributed by atoms with Crippen LogP contribution in [0.1, 0.15) is 89.4 Å². The molecule has 1 aromatic carbocycles. The highest BCUT2D eigenvalue weighted by Gasteiger charge is 2.41. The summed E-state index contributed by atoms with van der Waals surface area (Å²) in [5.74, 6) is 1.54. The quantitative estimate of drug-likeness (QED) is 0.419. The van der Waals surface area contributed by atoms with Gasteiger partial charge in [-0.15, -0.1) is 0 Å². The molecule has 3 fully saturated rings. The van der Waals surface area contributed by atoms with Crippen LogP contribution in [0.3, 0.4) is 0 Å². The van der Waals surface area contributed by atoms with Gasteiger partial charge in [-0.2, -0.15) is 0 Å². The Morgan fingerprint density at radius 1 is 1.08 bits per heavy atom. The Labute approximate surface area is 218 Å². The number of hydrogen-bond acceptors (Lipinski definition) is 6. The molecule has 196 valence electrons. The van der Waals surface area contributed by atoms with E-state index in [0.717, 1.165) is 51.0 Å². The van der Waals surface area contributed by atoms with Crippen LogP contribution in [0.5, 0.6) is 0 Å². The van der Waals surface area contributed by atoms with Crippen molar-refractivity contribution in [3.05, 3.63) is 53.2 Å². The van der Waals surface area contributed by atoms with Gasteiger partial charge in [-0.1, -0.05) is 6.92 Å². The van der Waals surface area contributed by atoms with Crippen LogP contribution < -0.4 is 21.3 Å². The van der Waals surface area contributed by atoms with E-state index in [1.165, 1.54) is 12.8 Å². The van der Waals surface area contributed by atoms with Gasteiger partial charge in [-0.25, -0.2) is 4.98 Å². The van der Waals surface area contributed by atoms with E-state index >= 15 is 0 Å². The highest BCUT2D eigenvalue weighted by atomic mass is 16.2. The predicted octanol–water partition coefficient (Wildman–Crippen LogP) is 4.16. The minimum Gasteiger partial charge on any atom is -0.384 e. The van der Waals surface area contributed by atoms with E-state index in [4.69, 9.17) is 5.73 Å². The Hall–Kier alpha value is -3.42. The largest absolute Gasteiger partial charge is 0.384 e. The Kier molecular flexibility index (Phi) is 7.44. The van der Waals surface area contributed by atoms with Gasteiger partial charge in [-0.3, -0.25) is 14.4 Å². The van der Waals surface area contributed by atoms with Crippen LogP contribution in [-0.4, -0.2) is 47.8 Å². The maximum Gasteiger partial charge on any atom is 0.251 e. The van der Waals surface area contributed by atoms with E-state index in [-0.39, 0.29) is 17.7 Å². The number of aromatic nitrogens is 1. The molecule has 0 spiro atoms. The fourth-order valence-electron chi connectivity index (χ4n) is 5.87. The zero-order valence-corrected chi connectivity index (χ0v) is 21.5. The number of primary amides is 1. The van der Waals surface area contributed by atoms with Crippen LogP contribution >= 0.6 is 0 Å². The molecule has 2 aliphatic carbocycles. The monoisotopic (exact) mass is 503 g/mol. The third-order valence-corrected chi connectivity index (χ3v) is 8.03. The van der Waals surface area contributed by atoms with Gasteiger partial charge in [0.2, 0.25) is 0 Å². The number of rotatable bonds is 10. The highest BCUT2D eigenvalue weighted by molar-refractivity contribution is 6.02. The summed E-state index contributed by atoms with van der Waals surface area (Å²) in [6.45, 7) is 3.72. The molecule has 1 aliphatic heterocycles. The van der Waals surface area contributed by atoms with Crippen LogP contribution in [0.4, 0.5) is 11.5 Å². The number of hydrogen-bond donors (Lipinski definition) is 3. The van der Waals surface area contributed by atoms with Gasteiger partial charge >= 0.3 is 0 Å². The van der Waals surface area contributed by atoms with Gasteiger partial charge in [-0.05, 0) is 87.1 Å². The molecule has 4 N–H and O–H groups in total. The van der Waals surface area contributed by atoms with Gasteiger partial charge in [0.1, 0.15) is 5.82 Å². The Morgan fingerprint density at radius 2 is 1.89 bits per heavy atom. The van der Waals surface area contributed by atoms with E-state index in [1.807, 2.05) is 19.1 Å². The molecule has 0 radical (unpaired) electrons. The number of Topliss-reactive ketones (excluding diaryl/α,β-unsaturated/α-hetero) is 1. The topological polar surface area (TPSA) is 117 Å². The second kappa shape index (κ2) is 10.9. The summed E-state index contributed by atoms with van der Waals surface area (Å²) in [4.78, 5) is 44.2. The number of nitrogens with two attached hydrogens (primary N) is 1. The Bertz CT molecular complexity index is 1160. The van der Waals surface area contributed by atoms with Gasteiger partial charge in [0.15, 0.2) is 5.78 Å². The lowest BCUT2D eigenvalue weighted by Gasteiger charge is -2.38. The number of fused-ring (bicyclic) bond motifs is 1. The summed E-state index contributed by atoms with van der Waals surface area (Å²) in [6, 6.07) is 9.32. The van der Waals surface area contributed by atoms with Crippen LogP contribution in [0.2, 0.25) is 0 Å². The number of ketones is 1. The summed E-state index contributed by atoms with van der Waals surface area (Å²) in [5, 5.41) is 6.55. The minimum absolute atomic E-state index is 0.0761. The molecule has 3 aliphatic rings. The van der Waals surface area contributed by atoms with Crippen LogP contribution in [-0.2, 0) is 0 Å². The summed E-state index contributed by atoms with van der Waals surface area (Å²) in [5.41, 5.74) is 7.80. The molecule has 2 heterocycles. The van der Waals surface area contributed by atoms with Crippen molar-refractivity contribution in [2.24, 2.45) is 17.6 Å². The number of carbonyl (C=O) groups is 3. The number of anilines is 2. The molecule has 1 aromatic heterocycles. The van der Waals surface area contributed by atoms with Crippen molar-refractivity contribution in [3.63, 3.8) is 0 Å². The van der Waals surface area contributed by atoms with Crippen molar-refractivity contribution in [1.82, 2.24) is 10.3 Å². The summed E-state index contributed by atoms with van der Waals surface area (Å²) in [6.07, 6.45) is 9.49. The third kappa shape index (κ3) is 5.78. The smallest absolute Gasteiger partial charge is 0.251 e. The number of amides is 2. The minimum atomic E-state index is -0.499. The lowest BCUT2D eigenvalue weighted by molar-refractivity contribution is 0.0934. The average molecular weight is 504 g/mol. The van der Waals surface area contributed by atoms with E-state index in [2.05, 4.69) is 20.5 Å². The van der Waals surface area contributed by atoms with Crippen molar-refractivity contribution in [2.45, 2.75) is 70.4 Å². The molecule has 5 rings (SSSR count). The normalized spacial score (nSPS) is 22.8. The summed E-state index contributed by atoms with van der Waals surface area (Å²) >= 11 is 0. The third-order valence-electron chi connectivity index (χ3n) is 8.03. The molecule has 2 amide bonds. The first-order valence-electron chi connectivity index (χ1n) is 13.7. The molecule has 2 aromatic rings. The molecule has 8 nitrogen and oxygen atoms in total. The maximum absolute atomic E-state index is 13.2. The molecule has 2 saturated carbocycles. The Morgan fingerprint density at radius 3 is 2.59 bits per heavy atom. The van der Waals surface area contributed by atoms with E-state index < -0.39 is 5.91 Å². The molecule has 37 heavy (non-hydrogen) atoms. The number of carbonyl (C=O) groups excluding carboxylic acids is 3. The lowest BCUT2D eigenvalue weighted by Crippen LogP contribution is -2.43. The molecule has 8 heteroatoms. The number of piperidine rings is 1. The molecular weight excluding hydrogens is 466 g/mol. The zero-order chi connectivity index (χ0) is 25.9. The fourth-order valence-corrected chi connectivity index (χ4v) is 5.87. The summed E-state index contributed by atoms with van der Waals surface area (Å²) < 4.78 is 0. The van der Waals surface area contributed by atoms with Gasteiger partial charge < -0.3 is 21.3 Å². The second-order valence-electron chi connectivity index (χ2n) is 10.8. The van der Waals surface area contributed by atoms with Crippen molar-refractivity contribution in [3.8, 4) is 0 Å². The standard InChI is InChI=1S/C29H37N5O3/c1-2-4-26(35)21-9-11-27(32-17-21)34-12-3-5-19-13-22(15-25(19)34)33-29(37)20-8-10-23(28(30)36)24(14-20)31-16-18-6-7-18/h8-11,14,17-19,22,25,31H,2-7,12-13,15-16H2,1H3,(H2,30,36)(H,33,37). The first kappa shape index (κ1) is 25.2. The Balaban J connectivity index is 1.24. The fraction of sp³-hybridized carbons (Fsp3) is 0.517. The van der Waals surface area contributed by atoms with E-state index in [0.29, 0.717) is 46.7 Å². The number of benzene rings is 1. The van der Waals surface area contributed by atoms with Gasteiger partial charge in [0.25, 0.3) is 11.8 Å². The molecule has 3 atom stereocenters. The van der Waals surface area contributed by atoms with Crippen molar-refractivity contribution >= 4 is 29.1 Å². The van der Waals surface area contributed by atoms with E-state index in [1.54, 1.807) is 24.4 Å². The highest BCUT2D eigenvalue weighted by Crippen LogP contribution is 2.39. The van der Waals surface area contributed by atoms with Crippen LogP contribution in [0, 0.1) is 11.8 Å². The van der Waals surface area contributed by atoms with Gasteiger partial charge in [0.05, 0.1) is 5.56 Å². The molecular formula is C29H37N5O3. The van der Waals surface area contributed by atoms with Gasteiger partial charge in [0, 0.05) is 54.6 Å². The lowest BCUT2D eigenvalue weighted by atomic mass is 9.92. The summed E-state index contributed by atoms with van der Waals surface area (Å²) in [7, 11) is 0. The molecule has 3 unspecified atom stereocenters. The van der Waals surface area contributed by atoms with Crippen molar-refractivity contribution < 1.29 is 14.4 Å². The first-order valence-corrected chi connectivity index (χ1v) is 13.7. The van der Waals surface area contributed by atoms with E-state index in [9.17, 15) is 14.4 Å². The number of nitrogens with zero attached hydrogens (tertiary/aromatic N) is 2. The van der Waals surface area contributed by atoms with Crippen LogP contribution in [0.15, 0.2) is 36.5 Å². The van der Waals surface area contributed by atoms with Crippen LogP contribution in [0.25, 0.3) is 0 Å².